The summed E-state index contributed by atoms with van der Waals surface area (Å²) in [5.74, 6) is -1.12. The van der Waals surface area contributed by atoms with Crippen LogP contribution >= 0.6 is 11.6 Å². The Hall–Kier alpha value is -3.14. The predicted octanol–water partition coefficient (Wildman–Crippen LogP) is 3.04. The van der Waals surface area contributed by atoms with Crippen molar-refractivity contribution in [1.82, 2.24) is 0 Å². The molecule has 0 atom stereocenters. The molecule has 29 heavy (non-hydrogen) atoms. The number of halogens is 1. The number of rotatable bonds is 6. The van der Waals surface area contributed by atoms with Gasteiger partial charge in [-0.05, 0) is 48.5 Å². The first kappa shape index (κ1) is 20.6. The third-order valence-electron chi connectivity index (χ3n) is 3.75. The number of benzene rings is 2. The van der Waals surface area contributed by atoms with Gasteiger partial charge in [0.05, 0.1) is 9.92 Å². The lowest BCUT2D eigenvalue weighted by atomic mass is 10.2. The van der Waals surface area contributed by atoms with E-state index >= 15 is 0 Å². The molecule has 0 aliphatic heterocycles. The molecule has 8 nitrogen and oxygen atoms in total. The maximum Gasteiger partial charge on any atom is 0.374 e. The third kappa shape index (κ3) is 5.23. The maximum atomic E-state index is 12.1. The molecule has 2 aromatic carbocycles. The molecule has 0 saturated carbocycles. The van der Waals surface area contributed by atoms with E-state index in [2.05, 4.69) is 5.32 Å². The molecule has 1 amide bonds. The Bertz CT molecular complexity index is 1160. The third-order valence-corrected chi connectivity index (χ3v) is 5.01. The van der Waals surface area contributed by atoms with E-state index in [1.165, 1.54) is 30.3 Å². The second-order valence-corrected chi connectivity index (χ2v) is 7.81. The molecule has 0 unspecified atom stereocenters. The minimum absolute atomic E-state index is 0.0785. The molecular weight excluding hydrogens is 420 g/mol. The summed E-state index contributed by atoms with van der Waals surface area (Å²) in [6.45, 7) is -0.558. The number of anilines is 1. The topological polar surface area (TPSA) is 129 Å². The van der Waals surface area contributed by atoms with Crippen LogP contribution in [0.25, 0.3) is 11.3 Å². The van der Waals surface area contributed by atoms with E-state index < -0.39 is 28.5 Å². The number of hydrogen-bond donors (Lipinski definition) is 2. The second-order valence-electron chi connectivity index (χ2n) is 5.84. The van der Waals surface area contributed by atoms with Crippen LogP contribution in [-0.2, 0) is 19.6 Å². The first-order chi connectivity index (χ1) is 13.7. The number of hydrogen-bond acceptors (Lipinski definition) is 6. The first-order valence-corrected chi connectivity index (χ1v) is 10.1. The number of amides is 1. The Labute approximate surface area is 171 Å². The van der Waals surface area contributed by atoms with Gasteiger partial charge in [0.25, 0.3) is 5.91 Å². The van der Waals surface area contributed by atoms with Crippen molar-refractivity contribution in [3.63, 3.8) is 0 Å². The number of carbonyl (C=O) groups is 2. The molecule has 0 saturated heterocycles. The van der Waals surface area contributed by atoms with E-state index in [-0.39, 0.29) is 10.7 Å². The van der Waals surface area contributed by atoms with Crippen LogP contribution in [0.4, 0.5) is 5.69 Å². The van der Waals surface area contributed by atoms with Gasteiger partial charge >= 0.3 is 5.97 Å². The summed E-state index contributed by atoms with van der Waals surface area (Å²) in [5, 5.41) is 7.94. The number of ether oxygens (including phenoxy) is 1. The quantitative estimate of drug-likeness (QED) is 0.573. The van der Waals surface area contributed by atoms with Crippen LogP contribution in [0.3, 0.4) is 0 Å². The fraction of sp³-hybridized carbons (Fsp3) is 0.0526. The Morgan fingerprint density at radius 1 is 1.03 bits per heavy atom. The van der Waals surface area contributed by atoms with E-state index in [4.69, 9.17) is 25.9 Å². The summed E-state index contributed by atoms with van der Waals surface area (Å²) in [4.78, 5) is 23.9. The summed E-state index contributed by atoms with van der Waals surface area (Å²) in [5.41, 5.74) is 0.936. The zero-order valence-electron chi connectivity index (χ0n) is 14.8. The number of sulfonamides is 1. The van der Waals surface area contributed by atoms with Gasteiger partial charge in [-0.15, -0.1) is 0 Å². The van der Waals surface area contributed by atoms with Crippen LogP contribution in [0.2, 0.25) is 5.02 Å². The number of esters is 1. The second kappa shape index (κ2) is 8.48. The molecule has 0 aliphatic carbocycles. The molecule has 1 aromatic heterocycles. The van der Waals surface area contributed by atoms with Crippen LogP contribution in [0.1, 0.15) is 10.6 Å². The predicted molar refractivity (Wildman–Crippen MR) is 106 cm³/mol. The Balaban J connectivity index is 1.57. The summed E-state index contributed by atoms with van der Waals surface area (Å²) in [7, 11) is -3.82. The fourth-order valence-corrected chi connectivity index (χ4v) is 3.12. The molecule has 0 spiro atoms. The molecule has 0 fully saturated rings. The summed E-state index contributed by atoms with van der Waals surface area (Å²) < 4.78 is 32.8. The fourth-order valence-electron chi connectivity index (χ4n) is 2.38. The molecule has 3 N–H and O–H groups in total. The van der Waals surface area contributed by atoms with E-state index in [1.54, 1.807) is 30.3 Å². The molecule has 0 radical (unpaired) electrons. The van der Waals surface area contributed by atoms with Crippen molar-refractivity contribution in [3.8, 4) is 11.3 Å². The average Bonchev–Trinajstić information content (AvgIpc) is 3.16. The lowest BCUT2D eigenvalue weighted by molar-refractivity contribution is -0.119. The minimum Gasteiger partial charge on any atom is -0.450 e. The van der Waals surface area contributed by atoms with Gasteiger partial charge in [0, 0.05) is 11.3 Å². The van der Waals surface area contributed by atoms with E-state index in [1.807, 2.05) is 0 Å². The van der Waals surface area contributed by atoms with Crippen molar-refractivity contribution < 1.29 is 27.2 Å². The highest BCUT2D eigenvalue weighted by Gasteiger charge is 2.16. The monoisotopic (exact) mass is 434 g/mol. The minimum atomic E-state index is -3.82. The smallest absolute Gasteiger partial charge is 0.374 e. The Morgan fingerprint density at radius 2 is 1.72 bits per heavy atom. The van der Waals surface area contributed by atoms with Gasteiger partial charge in [-0.2, -0.15) is 0 Å². The van der Waals surface area contributed by atoms with Crippen molar-refractivity contribution >= 4 is 39.2 Å². The number of nitrogens with one attached hydrogen (secondary N) is 1. The SMILES string of the molecule is NS(=O)(=O)c1ccc(NC(=O)COC(=O)c2ccc(-c3ccccc3Cl)o2)cc1. The zero-order chi connectivity index (χ0) is 21.0. The lowest BCUT2D eigenvalue weighted by Crippen LogP contribution is -2.20. The summed E-state index contributed by atoms with van der Waals surface area (Å²) >= 11 is 6.09. The van der Waals surface area contributed by atoms with Crippen molar-refractivity contribution in [2.24, 2.45) is 5.14 Å². The van der Waals surface area contributed by atoms with Gasteiger partial charge in [-0.3, -0.25) is 4.79 Å². The zero-order valence-corrected chi connectivity index (χ0v) is 16.4. The summed E-state index contributed by atoms with van der Waals surface area (Å²) in [6, 6.07) is 15.2. The first-order valence-electron chi connectivity index (χ1n) is 8.18. The molecule has 0 aliphatic rings. The van der Waals surface area contributed by atoms with Crippen LogP contribution in [0.5, 0.6) is 0 Å². The normalized spacial score (nSPS) is 11.1. The van der Waals surface area contributed by atoms with E-state index in [0.29, 0.717) is 22.0 Å². The largest absolute Gasteiger partial charge is 0.450 e. The molecule has 3 aromatic rings. The van der Waals surface area contributed by atoms with Gasteiger partial charge in [-0.1, -0.05) is 23.7 Å². The molecule has 0 bridgehead atoms. The number of nitrogens with two attached hydrogens (primary N) is 1. The number of carbonyl (C=O) groups excluding carboxylic acids is 2. The van der Waals surface area contributed by atoms with Gasteiger partial charge in [0.15, 0.2) is 6.61 Å². The van der Waals surface area contributed by atoms with Crippen molar-refractivity contribution in [2.75, 3.05) is 11.9 Å². The number of furan rings is 1. The van der Waals surface area contributed by atoms with E-state index in [9.17, 15) is 18.0 Å². The van der Waals surface area contributed by atoms with Gasteiger partial charge in [0.1, 0.15) is 5.76 Å². The Kier molecular flexibility index (Phi) is 6.02. The molecule has 10 heteroatoms. The van der Waals surface area contributed by atoms with Gasteiger partial charge in [0.2, 0.25) is 15.8 Å². The van der Waals surface area contributed by atoms with Crippen LogP contribution in [0.15, 0.2) is 70.0 Å². The molecule has 1 heterocycles. The van der Waals surface area contributed by atoms with Crippen LogP contribution in [-0.4, -0.2) is 26.9 Å². The Morgan fingerprint density at radius 3 is 2.38 bits per heavy atom. The highest BCUT2D eigenvalue weighted by atomic mass is 35.5. The standard InChI is InChI=1S/C19H15ClN2O6S/c20-15-4-2-1-3-14(15)16-9-10-17(28-16)19(24)27-11-18(23)22-12-5-7-13(8-6-12)29(21,25)26/h1-10H,11H2,(H,22,23)(H2,21,25,26). The average molecular weight is 435 g/mol. The van der Waals surface area contributed by atoms with Crippen molar-refractivity contribution in [3.05, 3.63) is 71.4 Å². The highest BCUT2D eigenvalue weighted by Crippen LogP contribution is 2.29. The van der Waals surface area contributed by atoms with Crippen LogP contribution in [0, 0.1) is 0 Å². The summed E-state index contributed by atoms with van der Waals surface area (Å²) in [6.07, 6.45) is 0. The highest BCUT2D eigenvalue weighted by molar-refractivity contribution is 7.89. The van der Waals surface area contributed by atoms with Gasteiger partial charge in [-0.25, -0.2) is 18.4 Å². The lowest BCUT2D eigenvalue weighted by Gasteiger charge is -2.06. The molecular formula is C19H15ClN2O6S. The van der Waals surface area contributed by atoms with Crippen LogP contribution < -0.4 is 10.5 Å². The maximum absolute atomic E-state index is 12.1. The van der Waals surface area contributed by atoms with Crippen molar-refractivity contribution in [2.45, 2.75) is 4.90 Å². The number of primary sulfonamides is 1. The molecule has 3 rings (SSSR count). The van der Waals surface area contributed by atoms with E-state index in [0.717, 1.165) is 0 Å². The van der Waals surface area contributed by atoms with Gasteiger partial charge < -0.3 is 14.5 Å². The molecule has 150 valence electrons. The van der Waals surface area contributed by atoms with Crippen molar-refractivity contribution in [1.29, 1.82) is 0 Å².